The van der Waals surface area contributed by atoms with Gasteiger partial charge in [0, 0.05) is 11.6 Å². The molecule has 4 N–H and O–H groups in total. The van der Waals surface area contributed by atoms with Gasteiger partial charge in [0.1, 0.15) is 5.52 Å². The van der Waals surface area contributed by atoms with E-state index in [1.54, 1.807) is 6.20 Å². The van der Waals surface area contributed by atoms with E-state index < -0.39 is 0 Å². The zero-order valence-electron chi connectivity index (χ0n) is 9.52. The number of hydrogen-bond acceptors (Lipinski definition) is 6. The van der Waals surface area contributed by atoms with Gasteiger partial charge in [-0.25, -0.2) is 9.97 Å². The summed E-state index contributed by atoms with van der Waals surface area (Å²) in [5.74, 6) is 0.376. The monoisotopic (exact) mass is 218 g/mol. The third-order valence-corrected chi connectivity index (χ3v) is 2.22. The maximum atomic E-state index is 5.68. The molecule has 0 aromatic carbocycles. The quantitative estimate of drug-likeness (QED) is 0.680. The van der Waals surface area contributed by atoms with Gasteiger partial charge in [-0.2, -0.15) is 9.97 Å². The lowest BCUT2D eigenvalue weighted by Gasteiger charge is -2.17. The van der Waals surface area contributed by atoms with Crippen LogP contribution in [0.5, 0.6) is 0 Å². The van der Waals surface area contributed by atoms with Crippen molar-refractivity contribution in [3.8, 4) is 0 Å². The predicted octanol–water partition coefficient (Wildman–Crippen LogP) is 0.882. The minimum atomic E-state index is -0.0876. The van der Waals surface area contributed by atoms with Crippen LogP contribution in [0.1, 0.15) is 26.5 Å². The average molecular weight is 218 g/mol. The molecule has 0 bridgehead atoms. The zero-order chi connectivity index (χ0) is 11.9. The van der Waals surface area contributed by atoms with Crippen LogP contribution in [0.4, 0.5) is 11.8 Å². The van der Waals surface area contributed by atoms with Crippen LogP contribution in [-0.2, 0) is 5.41 Å². The van der Waals surface area contributed by atoms with Crippen LogP contribution in [0, 0.1) is 0 Å². The smallest absolute Gasteiger partial charge is 0.224 e. The van der Waals surface area contributed by atoms with E-state index in [4.69, 9.17) is 11.5 Å². The normalized spacial score (nSPS) is 11.9. The molecule has 2 rings (SSSR count). The summed E-state index contributed by atoms with van der Waals surface area (Å²) in [5, 5.41) is 0. The highest BCUT2D eigenvalue weighted by molar-refractivity contribution is 5.81. The second kappa shape index (κ2) is 3.26. The third-order valence-electron chi connectivity index (χ3n) is 2.22. The van der Waals surface area contributed by atoms with Gasteiger partial charge < -0.3 is 11.5 Å². The number of nitrogen functional groups attached to an aromatic ring is 2. The lowest BCUT2D eigenvalue weighted by molar-refractivity contribution is 0.568. The average Bonchev–Trinajstić information content (AvgIpc) is 2.15. The fourth-order valence-corrected chi connectivity index (χ4v) is 1.31. The molecule has 0 radical (unpaired) electrons. The van der Waals surface area contributed by atoms with Crippen molar-refractivity contribution >= 4 is 22.9 Å². The van der Waals surface area contributed by atoms with Gasteiger partial charge in [-0.1, -0.05) is 20.8 Å². The van der Waals surface area contributed by atoms with Gasteiger partial charge in [-0.3, -0.25) is 0 Å². The molecule has 6 heteroatoms. The van der Waals surface area contributed by atoms with E-state index in [1.165, 1.54) is 0 Å². The zero-order valence-corrected chi connectivity index (χ0v) is 9.52. The van der Waals surface area contributed by atoms with Crippen molar-refractivity contribution in [2.45, 2.75) is 26.2 Å². The molecule has 16 heavy (non-hydrogen) atoms. The van der Waals surface area contributed by atoms with Crippen LogP contribution in [0.25, 0.3) is 11.2 Å². The fraction of sp³-hybridized carbons (Fsp3) is 0.400. The summed E-state index contributed by atoms with van der Waals surface area (Å²) in [7, 11) is 0. The first-order valence-electron chi connectivity index (χ1n) is 4.94. The number of rotatable bonds is 0. The molecule has 6 nitrogen and oxygen atoms in total. The van der Waals surface area contributed by atoms with Gasteiger partial charge in [-0.05, 0) is 0 Å². The van der Waals surface area contributed by atoms with Crippen molar-refractivity contribution in [1.29, 1.82) is 0 Å². The Morgan fingerprint density at radius 2 is 1.75 bits per heavy atom. The summed E-state index contributed by atoms with van der Waals surface area (Å²) >= 11 is 0. The maximum Gasteiger partial charge on any atom is 0.224 e. The Morgan fingerprint density at radius 1 is 1.06 bits per heavy atom. The largest absolute Gasteiger partial charge is 0.382 e. The number of anilines is 2. The third kappa shape index (κ3) is 1.73. The SMILES string of the molecule is CC(C)(C)c1cnc2c(N)nc(N)nc2n1. The highest BCUT2D eigenvalue weighted by Gasteiger charge is 2.17. The lowest BCUT2D eigenvalue weighted by atomic mass is 9.93. The molecule has 0 aliphatic carbocycles. The molecule has 2 aromatic rings. The maximum absolute atomic E-state index is 5.68. The second-order valence-electron chi connectivity index (χ2n) is 4.64. The van der Waals surface area contributed by atoms with E-state index >= 15 is 0 Å². The Balaban J connectivity index is 2.71. The molecule has 2 aromatic heterocycles. The van der Waals surface area contributed by atoms with Gasteiger partial charge in [0.05, 0.1) is 5.69 Å². The molecule has 84 valence electrons. The standard InChI is InChI=1S/C10H14N6/c1-10(2,3)5-4-13-6-7(11)15-9(12)16-8(6)14-5/h4H,1-3H3,(H4,11,12,14,15,16). The van der Waals surface area contributed by atoms with Crippen LogP contribution in [-0.4, -0.2) is 19.9 Å². The van der Waals surface area contributed by atoms with Gasteiger partial charge in [0.25, 0.3) is 0 Å². The Hall–Kier alpha value is -1.98. The number of fused-ring (bicyclic) bond motifs is 1. The predicted molar refractivity (Wildman–Crippen MR) is 62.7 cm³/mol. The fourth-order valence-electron chi connectivity index (χ4n) is 1.31. The molecule has 0 saturated carbocycles. The molecular weight excluding hydrogens is 204 g/mol. The van der Waals surface area contributed by atoms with E-state index in [2.05, 4.69) is 40.7 Å². The first-order valence-corrected chi connectivity index (χ1v) is 4.94. The first-order chi connectivity index (χ1) is 7.38. The topological polar surface area (TPSA) is 104 Å². The minimum Gasteiger partial charge on any atom is -0.382 e. The van der Waals surface area contributed by atoms with Crippen LogP contribution >= 0.6 is 0 Å². The summed E-state index contributed by atoms with van der Waals surface area (Å²) < 4.78 is 0. The van der Waals surface area contributed by atoms with E-state index in [9.17, 15) is 0 Å². The summed E-state index contributed by atoms with van der Waals surface area (Å²) in [4.78, 5) is 16.5. The molecule has 2 heterocycles. The Kier molecular flexibility index (Phi) is 2.15. The number of hydrogen-bond donors (Lipinski definition) is 2. The van der Waals surface area contributed by atoms with Crippen LogP contribution in [0.2, 0.25) is 0 Å². The van der Waals surface area contributed by atoms with E-state index in [0.717, 1.165) is 5.69 Å². The van der Waals surface area contributed by atoms with Crippen LogP contribution in [0.15, 0.2) is 6.20 Å². The molecule has 0 unspecified atom stereocenters. The molecule has 0 aliphatic heterocycles. The highest BCUT2D eigenvalue weighted by Crippen LogP contribution is 2.22. The molecule has 0 fully saturated rings. The molecule has 0 spiro atoms. The highest BCUT2D eigenvalue weighted by atomic mass is 15.1. The summed E-state index contributed by atoms with van der Waals surface area (Å²) in [6.45, 7) is 6.16. The molecule has 0 amide bonds. The summed E-state index contributed by atoms with van der Waals surface area (Å²) in [6.07, 6.45) is 1.69. The van der Waals surface area contributed by atoms with Crippen molar-refractivity contribution in [1.82, 2.24) is 19.9 Å². The van der Waals surface area contributed by atoms with Gasteiger partial charge >= 0.3 is 0 Å². The van der Waals surface area contributed by atoms with E-state index in [1.807, 2.05) is 0 Å². The van der Waals surface area contributed by atoms with Crippen molar-refractivity contribution in [2.75, 3.05) is 11.5 Å². The summed E-state index contributed by atoms with van der Waals surface area (Å²) in [5.41, 5.74) is 12.9. The minimum absolute atomic E-state index is 0.0876. The Bertz CT molecular complexity index is 543. The van der Waals surface area contributed by atoms with E-state index in [0.29, 0.717) is 11.2 Å². The first kappa shape index (κ1) is 10.5. The van der Waals surface area contributed by atoms with E-state index in [-0.39, 0.29) is 17.2 Å². The lowest BCUT2D eigenvalue weighted by Crippen LogP contribution is -2.15. The summed E-state index contributed by atoms with van der Waals surface area (Å²) in [6, 6.07) is 0. The van der Waals surface area contributed by atoms with Crippen molar-refractivity contribution in [3.63, 3.8) is 0 Å². The van der Waals surface area contributed by atoms with Crippen LogP contribution < -0.4 is 11.5 Å². The van der Waals surface area contributed by atoms with Crippen molar-refractivity contribution < 1.29 is 0 Å². The molecule has 0 aliphatic rings. The van der Waals surface area contributed by atoms with Gasteiger partial charge in [0.15, 0.2) is 11.5 Å². The van der Waals surface area contributed by atoms with Gasteiger partial charge in [0.2, 0.25) is 5.95 Å². The number of nitrogens with two attached hydrogens (primary N) is 2. The molecule has 0 saturated heterocycles. The Morgan fingerprint density at radius 3 is 2.38 bits per heavy atom. The molecular formula is C10H14N6. The second-order valence-corrected chi connectivity index (χ2v) is 4.64. The Labute approximate surface area is 93.1 Å². The van der Waals surface area contributed by atoms with Crippen molar-refractivity contribution in [2.24, 2.45) is 0 Å². The van der Waals surface area contributed by atoms with Crippen LogP contribution in [0.3, 0.4) is 0 Å². The van der Waals surface area contributed by atoms with Gasteiger partial charge in [-0.15, -0.1) is 0 Å². The molecule has 0 atom stereocenters. The van der Waals surface area contributed by atoms with Crippen molar-refractivity contribution in [3.05, 3.63) is 11.9 Å². The number of nitrogens with zero attached hydrogens (tertiary/aromatic N) is 4. The number of aromatic nitrogens is 4.